The molecule has 1 aliphatic rings. The molecule has 9 nitrogen and oxygen atoms in total. The van der Waals surface area contributed by atoms with E-state index in [4.69, 9.17) is 11.6 Å². The lowest BCUT2D eigenvalue weighted by Crippen LogP contribution is -2.47. The van der Waals surface area contributed by atoms with Gasteiger partial charge in [-0.3, -0.25) is 5.43 Å². The van der Waals surface area contributed by atoms with E-state index in [0.29, 0.717) is 11.9 Å². The zero-order valence-corrected chi connectivity index (χ0v) is 11.7. The lowest BCUT2D eigenvalue weighted by molar-refractivity contribution is 0.178. The number of hydrogen-bond donors (Lipinski definition) is 1. The maximum atomic E-state index is 5.92. The van der Waals surface area contributed by atoms with E-state index in [1.807, 2.05) is 0 Å². The summed E-state index contributed by atoms with van der Waals surface area (Å²) in [6.07, 6.45) is 2.91. The summed E-state index contributed by atoms with van der Waals surface area (Å²) in [5, 5.41) is 6.14. The third kappa shape index (κ3) is 3.00. The largest absolute Gasteiger partial charge is 0.304 e. The van der Waals surface area contributed by atoms with E-state index in [-0.39, 0.29) is 5.28 Å². The first kappa shape index (κ1) is 13.2. The molecule has 2 aromatic rings. The van der Waals surface area contributed by atoms with Gasteiger partial charge in [0.15, 0.2) is 0 Å². The molecule has 3 heterocycles. The van der Waals surface area contributed by atoms with Crippen LogP contribution in [0.25, 0.3) is 5.95 Å². The second kappa shape index (κ2) is 5.65. The number of aromatic nitrogens is 6. The standard InChI is InChI=1S/C10H14ClN9/c1-18-2-4-19(5-3-18)17-9-14-8(11)15-10(16-9)20-7-12-6-13-20/h6-7H,2-5H2,1H3,(H,14,15,16,17). The fourth-order valence-corrected chi connectivity index (χ4v) is 2.02. The zero-order valence-electron chi connectivity index (χ0n) is 10.9. The molecule has 0 saturated carbocycles. The first-order chi connectivity index (χ1) is 9.70. The Bertz CT molecular complexity index is 564. The van der Waals surface area contributed by atoms with Gasteiger partial charge in [-0.15, -0.1) is 0 Å². The topological polar surface area (TPSA) is 87.9 Å². The Balaban J connectivity index is 1.76. The van der Waals surface area contributed by atoms with Gasteiger partial charge < -0.3 is 4.90 Å². The van der Waals surface area contributed by atoms with Gasteiger partial charge in [0, 0.05) is 26.2 Å². The van der Waals surface area contributed by atoms with Crippen molar-refractivity contribution in [1.82, 2.24) is 39.6 Å². The summed E-state index contributed by atoms with van der Waals surface area (Å²) in [5.74, 6) is 0.735. The molecule has 1 saturated heterocycles. The minimum atomic E-state index is 0.113. The summed E-state index contributed by atoms with van der Waals surface area (Å²) in [5.41, 5.74) is 3.14. The van der Waals surface area contributed by atoms with E-state index in [0.717, 1.165) is 26.2 Å². The van der Waals surface area contributed by atoms with E-state index in [1.165, 1.54) is 17.3 Å². The van der Waals surface area contributed by atoms with Crippen molar-refractivity contribution in [2.24, 2.45) is 0 Å². The minimum Gasteiger partial charge on any atom is -0.304 e. The number of hydrazine groups is 1. The average Bonchev–Trinajstić information content (AvgIpc) is 2.95. The quantitative estimate of drug-likeness (QED) is 0.824. The number of piperazine rings is 1. The van der Waals surface area contributed by atoms with Gasteiger partial charge in [-0.2, -0.15) is 24.7 Å². The van der Waals surface area contributed by atoms with Crippen molar-refractivity contribution >= 4 is 17.5 Å². The highest BCUT2D eigenvalue weighted by Crippen LogP contribution is 2.10. The molecule has 0 bridgehead atoms. The van der Waals surface area contributed by atoms with E-state index >= 15 is 0 Å². The third-order valence-corrected chi connectivity index (χ3v) is 3.15. The van der Waals surface area contributed by atoms with Gasteiger partial charge in [0.2, 0.25) is 11.2 Å². The lowest BCUT2D eigenvalue weighted by atomic mass is 10.4. The molecule has 10 heteroatoms. The Labute approximate surface area is 120 Å². The summed E-state index contributed by atoms with van der Waals surface area (Å²) < 4.78 is 1.43. The number of nitrogens with one attached hydrogen (secondary N) is 1. The molecule has 20 heavy (non-hydrogen) atoms. The molecule has 1 N–H and O–H groups in total. The molecule has 106 valence electrons. The molecule has 3 rings (SSSR count). The fraction of sp³-hybridized carbons (Fsp3) is 0.500. The highest BCUT2D eigenvalue weighted by atomic mass is 35.5. The highest BCUT2D eigenvalue weighted by Gasteiger charge is 2.15. The lowest BCUT2D eigenvalue weighted by Gasteiger charge is -2.32. The van der Waals surface area contributed by atoms with Crippen LogP contribution in [0.2, 0.25) is 5.28 Å². The minimum absolute atomic E-state index is 0.113. The second-order valence-corrected chi connectivity index (χ2v) is 4.81. The highest BCUT2D eigenvalue weighted by molar-refractivity contribution is 6.28. The van der Waals surface area contributed by atoms with Crippen LogP contribution in [0, 0.1) is 0 Å². The SMILES string of the molecule is CN1CCN(Nc2nc(Cl)nc(-n3cncn3)n2)CC1. The molecule has 0 aromatic carbocycles. The Kier molecular flexibility index (Phi) is 3.72. The average molecular weight is 296 g/mol. The maximum absolute atomic E-state index is 5.92. The summed E-state index contributed by atoms with van der Waals surface area (Å²) in [7, 11) is 2.10. The number of nitrogens with zero attached hydrogens (tertiary/aromatic N) is 8. The van der Waals surface area contributed by atoms with Crippen LogP contribution >= 0.6 is 11.6 Å². The van der Waals surface area contributed by atoms with Gasteiger partial charge in [0.05, 0.1) is 0 Å². The van der Waals surface area contributed by atoms with Crippen LogP contribution in [0.3, 0.4) is 0 Å². The molecule has 1 fully saturated rings. The first-order valence-electron chi connectivity index (χ1n) is 6.17. The molecule has 0 unspecified atom stereocenters. The number of likely N-dealkylation sites (N-methyl/N-ethyl adjacent to an activating group) is 1. The van der Waals surface area contributed by atoms with Gasteiger partial charge in [0.1, 0.15) is 12.7 Å². The van der Waals surface area contributed by atoms with E-state index in [1.54, 1.807) is 0 Å². The molecular formula is C10H14ClN9. The number of rotatable bonds is 3. The third-order valence-electron chi connectivity index (χ3n) is 2.98. The molecule has 0 aliphatic carbocycles. The van der Waals surface area contributed by atoms with Crippen LogP contribution in [0.15, 0.2) is 12.7 Å². The molecule has 0 spiro atoms. The smallest absolute Gasteiger partial charge is 0.258 e. The normalized spacial score (nSPS) is 17.3. The van der Waals surface area contributed by atoms with Crippen LogP contribution in [0.1, 0.15) is 0 Å². The van der Waals surface area contributed by atoms with Crippen molar-refractivity contribution in [3.05, 3.63) is 17.9 Å². The van der Waals surface area contributed by atoms with Crippen molar-refractivity contribution in [2.45, 2.75) is 0 Å². The van der Waals surface area contributed by atoms with E-state index in [9.17, 15) is 0 Å². The fourth-order valence-electron chi connectivity index (χ4n) is 1.86. The van der Waals surface area contributed by atoms with Crippen LogP contribution in [0.5, 0.6) is 0 Å². The van der Waals surface area contributed by atoms with Crippen molar-refractivity contribution < 1.29 is 0 Å². The second-order valence-electron chi connectivity index (χ2n) is 4.47. The van der Waals surface area contributed by atoms with Crippen LogP contribution in [-0.2, 0) is 0 Å². The summed E-state index contributed by atoms with van der Waals surface area (Å²) in [4.78, 5) is 18.5. The number of anilines is 1. The molecule has 0 atom stereocenters. The van der Waals surface area contributed by atoms with Gasteiger partial charge in [-0.05, 0) is 18.6 Å². The number of hydrogen-bond acceptors (Lipinski definition) is 8. The van der Waals surface area contributed by atoms with Crippen molar-refractivity contribution in [3.63, 3.8) is 0 Å². The molecule has 0 radical (unpaired) electrons. The Morgan fingerprint density at radius 1 is 1.15 bits per heavy atom. The van der Waals surface area contributed by atoms with E-state index in [2.05, 4.69) is 47.4 Å². The van der Waals surface area contributed by atoms with Crippen LogP contribution in [-0.4, -0.2) is 72.9 Å². The summed E-state index contributed by atoms with van der Waals surface area (Å²) in [6.45, 7) is 3.75. The molecule has 2 aromatic heterocycles. The first-order valence-corrected chi connectivity index (χ1v) is 6.55. The van der Waals surface area contributed by atoms with Gasteiger partial charge in [0.25, 0.3) is 5.95 Å². The van der Waals surface area contributed by atoms with Gasteiger partial charge in [-0.25, -0.2) is 9.99 Å². The Hall–Kier alpha value is -1.84. The zero-order chi connectivity index (χ0) is 13.9. The summed E-state index contributed by atoms with van der Waals surface area (Å²) in [6, 6.07) is 0. The predicted molar refractivity (Wildman–Crippen MR) is 72.4 cm³/mol. The molecular weight excluding hydrogens is 282 g/mol. The Morgan fingerprint density at radius 2 is 1.95 bits per heavy atom. The van der Waals surface area contributed by atoms with Crippen LogP contribution in [0.4, 0.5) is 5.95 Å². The predicted octanol–water partition coefficient (Wildman–Crippen LogP) is -0.320. The van der Waals surface area contributed by atoms with E-state index < -0.39 is 0 Å². The van der Waals surface area contributed by atoms with Gasteiger partial charge in [-0.1, -0.05) is 0 Å². The van der Waals surface area contributed by atoms with Crippen molar-refractivity contribution in [1.29, 1.82) is 0 Å². The monoisotopic (exact) mass is 295 g/mol. The van der Waals surface area contributed by atoms with Gasteiger partial charge >= 0.3 is 0 Å². The molecule has 0 amide bonds. The maximum Gasteiger partial charge on any atom is 0.258 e. The van der Waals surface area contributed by atoms with Crippen LogP contribution < -0.4 is 5.43 Å². The molecule has 1 aliphatic heterocycles. The van der Waals surface area contributed by atoms with Crippen molar-refractivity contribution in [2.75, 3.05) is 38.7 Å². The van der Waals surface area contributed by atoms with Crippen molar-refractivity contribution in [3.8, 4) is 5.95 Å². The summed E-state index contributed by atoms with van der Waals surface area (Å²) >= 11 is 5.92. The Morgan fingerprint density at radius 3 is 2.65 bits per heavy atom. The number of halogens is 1.